The first-order chi connectivity index (χ1) is 11.0. The van der Waals surface area contributed by atoms with Crippen LogP contribution in [0.15, 0.2) is 17.5 Å². The van der Waals surface area contributed by atoms with Crippen LogP contribution in [-0.2, 0) is 16.1 Å². The number of carbonyl (C=O) groups is 3. The molecule has 1 aromatic heterocycles. The van der Waals surface area contributed by atoms with Crippen LogP contribution >= 0.6 is 11.3 Å². The Morgan fingerprint density at radius 1 is 1.35 bits per heavy atom. The van der Waals surface area contributed by atoms with Gasteiger partial charge in [-0.15, -0.1) is 11.3 Å². The molecule has 7 heteroatoms. The van der Waals surface area contributed by atoms with Crippen molar-refractivity contribution < 1.29 is 14.4 Å². The highest BCUT2D eigenvalue weighted by Crippen LogP contribution is 2.33. The van der Waals surface area contributed by atoms with E-state index in [1.54, 1.807) is 23.3 Å². The predicted octanol–water partition coefficient (Wildman–Crippen LogP) is 1.96. The van der Waals surface area contributed by atoms with Crippen molar-refractivity contribution in [3.63, 3.8) is 0 Å². The van der Waals surface area contributed by atoms with Crippen LogP contribution in [-0.4, -0.2) is 46.8 Å². The molecule has 0 radical (unpaired) electrons. The van der Waals surface area contributed by atoms with Crippen LogP contribution in [0, 0.1) is 0 Å². The van der Waals surface area contributed by atoms with Crippen LogP contribution in [0.2, 0.25) is 0 Å². The summed E-state index contributed by atoms with van der Waals surface area (Å²) in [6.07, 6.45) is 4.31. The topological polar surface area (TPSA) is 69.7 Å². The number of urea groups is 1. The summed E-state index contributed by atoms with van der Waals surface area (Å²) < 4.78 is 0. The van der Waals surface area contributed by atoms with Crippen molar-refractivity contribution in [2.24, 2.45) is 0 Å². The molecule has 2 aliphatic rings. The maximum absolute atomic E-state index is 12.6. The van der Waals surface area contributed by atoms with E-state index in [4.69, 9.17) is 0 Å². The number of amides is 4. The summed E-state index contributed by atoms with van der Waals surface area (Å²) in [5.74, 6) is -0.463. The SMILES string of the molecule is CN(Cc1cccs1)C(=O)CN1C(=O)NC2(CCCCC2)C1=O. The number of hydrogen-bond acceptors (Lipinski definition) is 4. The summed E-state index contributed by atoms with van der Waals surface area (Å²) in [5.41, 5.74) is -0.762. The molecule has 1 aliphatic heterocycles. The molecule has 124 valence electrons. The minimum Gasteiger partial charge on any atom is -0.339 e. The lowest BCUT2D eigenvalue weighted by Gasteiger charge is -2.30. The Hall–Kier alpha value is -1.89. The molecule has 2 fully saturated rings. The molecule has 4 amide bonds. The summed E-state index contributed by atoms with van der Waals surface area (Å²) in [5, 5.41) is 4.78. The highest BCUT2D eigenvalue weighted by atomic mass is 32.1. The summed E-state index contributed by atoms with van der Waals surface area (Å²) in [6, 6.07) is 3.46. The Labute approximate surface area is 139 Å². The fraction of sp³-hybridized carbons (Fsp3) is 0.562. The van der Waals surface area contributed by atoms with E-state index in [2.05, 4.69) is 5.32 Å². The molecule has 0 bridgehead atoms. The first kappa shape index (κ1) is 16.0. The molecule has 3 rings (SSSR count). The Balaban J connectivity index is 1.63. The van der Waals surface area contributed by atoms with Gasteiger partial charge in [-0.1, -0.05) is 25.3 Å². The molecule has 0 unspecified atom stereocenters. The van der Waals surface area contributed by atoms with E-state index in [0.717, 1.165) is 29.0 Å². The smallest absolute Gasteiger partial charge is 0.325 e. The second-order valence-electron chi connectivity index (χ2n) is 6.29. The summed E-state index contributed by atoms with van der Waals surface area (Å²) in [6.45, 7) is 0.305. The van der Waals surface area contributed by atoms with Gasteiger partial charge < -0.3 is 10.2 Å². The lowest BCUT2D eigenvalue weighted by Crippen LogP contribution is -2.49. The third-order valence-electron chi connectivity index (χ3n) is 4.65. The van der Waals surface area contributed by atoms with Crippen molar-refractivity contribution >= 4 is 29.2 Å². The van der Waals surface area contributed by atoms with Gasteiger partial charge >= 0.3 is 6.03 Å². The minimum atomic E-state index is -0.762. The third-order valence-corrected chi connectivity index (χ3v) is 5.51. The Kier molecular flexibility index (Phi) is 4.39. The Morgan fingerprint density at radius 3 is 2.74 bits per heavy atom. The van der Waals surface area contributed by atoms with E-state index in [-0.39, 0.29) is 18.4 Å². The molecular weight excluding hydrogens is 314 g/mol. The molecule has 1 spiro atoms. The third kappa shape index (κ3) is 3.10. The zero-order valence-corrected chi connectivity index (χ0v) is 14.0. The van der Waals surface area contributed by atoms with E-state index in [1.165, 1.54) is 0 Å². The molecule has 1 saturated heterocycles. The maximum atomic E-state index is 12.6. The highest BCUT2D eigenvalue weighted by Gasteiger charge is 2.51. The van der Waals surface area contributed by atoms with Gasteiger partial charge in [-0.25, -0.2) is 4.79 Å². The van der Waals surface area contributed by atoms with Crippen molar-refractivity contribution in [3.8, 4) is 0 Å². The number of carbonyl (C=O) groups excluding carboxylic acids is 3. The zero-order valence-electron chi connectivity index (χ0n) is 13.2. The summed E-state index contributed by atoms with van der Waals surface area (Å²) >= 11 is 1.58. The lowest BCUT2D eigenvalue weighted by molar-refractivity contribution is -0.139. The van der Waals surface area contributed by atoms with E-state index < -0.39 is 11.6 Å². The molecule has 23 heavy (non-hydrogen) atoms. The fourth-order valence-electron chi connectivity index (χ4n) is 3.29. The highest BCUT2D eigenvalue weighted by molar-refractivity contribution is 7.09. The molecule has 1 aliphatic carbocycles. The number of nitrogens with one attached hydrogen (secondary N) is 1. The van der Waals surface area contributed by atoms with E-state index in [1.807, 2.05) is 17.5 Å². The van der Waals surface area contributed by atoms with Crippen molar-refractivity contribution in [1.29, 1.82) is 0 Å². The lowest BCUT2D eigenvalue weighted by atomic mass is 9.82. The van der Waals surface area contributed by atoms with Crippen LogP contribution in [0.5, 0.6) is 0 Å². The zero-order chi connectivity index (χ0) is 16.4. The number of imide groups is 1. The predicted molar refractivity (Wildman–Crippen MR) is 86.9 cm³/mol. The number of rotatable bonds is 4. The molecule has 0 aromatic carbocycles. The van der Waals surface area contributed by atoms with Crippen molar-refractivity contribution in [3.05, 3.63) is 22.4 Å². The van der Waals surface area contributed by atoms with E-state index >= 15 is 0 Å². The summed E-state index contributed by atoms with van der Waals surface area (Å²) in [4.78, 5) is 40.9. The van der Waals surface area contributed by atoms with E-state index in [0.29, 0.717) is 19.4 Å². The van der Waals surface area contributed by atoms with Crippen LogP contribution in [0.3, 0.4) is 0 Å². The molecule has 0 atom stereocenters. The fourth-order valence-corrected chi connectivity index (χ4v) is 4.05. The normalized spacial score (nSPS) is 20.0. The van der Waals surface area contributed by atoms with Crippen LogP contribution in [0.4, 0.5) is 4.79 Å². The average Bonchev–Trinajstić information content (AvgIpc) is 3.11. The standard InChI is InChI=1S/C16H21N3O3S/c1-18(10-12-6-5-9-23-12)13(20)11-19-14(21)16(17-15(19)22)7-3-2-4-8-16/h5-6,9H,2-4,7-8,10-11H2,1H3,(H,17,22). The molecule has 2 heterocycles. The Bertz CT molecular complexity index is 608. The van der Waals surface area contributed by atoms with Crippen molar-refractivity contribution in [2.45, 2.75) is 44.2 Å². The minimum absolute atomic E-state index is 0.186. The van der Waals surface area contributed by atoms with Gasteiger partial charge in [0.05, 0.1) is 6.54 Å². The monoisotopic (exact) mass is 335 g/mol. The molecule has 1 N–H and O–H groups in total. The van der Waals surface area contributed by atoms with Crippen molar-refractivity contribution in [2.75, 3.05) is 13.6 Å². The number of nitrogens with zero attached hydrogens (tertiary/aromatic N) is 2. The van der Waals surface area contributed by atoms with Gasteiger partial charge in [0, 0.05) is 11.9 Å². The number of thiophene rings is 1. The average molecular weight is 335 g/mol. The second kappa shape index (κ2) is 6.31. The second-order valence-corrected chi connectivity index (χ2v) is 7.33. The largest absolute Gasteiger partial charge is 0.339 e. The number of hydrogen-bond donors (Lipinski definition) is 1. The number of likely N-dealkylation sites (N-methyl/N-ethyl adjacent to an activating group) is 1. The summed E-state index contributed by atoms with van der Waals surface area (Å²) in [7, 11) is 1.69. The van der Waals surface area contributed by atoms with Gasteiger partial charge in [-0.3, -0.25) is 14.5 Å². The van der Waals surface area contributed by atoms with E-state index in [9.17, 15) is 14.4 Å². The first-order valence-electron chi connectivity index (χ1n) is 7.92. The quantitative estimate of drug-likeness (QED) is 0.855. The van der Waals surface area contributed by atoms with Gasteiger partial charge in [0.2, 0.25) is 5.91 Å². The van der Waals surface area contributed by atoms with Crippen molar-refractivity contribution in [1.82, 2.24) is 15.1 Å². The molecule has 1 saturated carbocycles. The van der Waals surface area contributed by atoms with Crippen LogP contribution < -0.4 is 5.32 Å². The van der Waals surface area contributed by atoms with Crippen LogP contribution in [0.25, 0.3) is 0 Å². The molecular formula is C16H21N3O3S. The maximum Gasteiger partial charge on any atom is 0.325 e. The first-order valence-corrected chi connectivity index (χ1v) is 8.80. The molecule has 6 nitrogen and oxygen atoms in total. The van der Waals surface area contributed by atoms with Gasteiger partial charge in [0.1, 0.15) is 12.1 Å². The van der Waals surface area contributed by atoms with Gasteiger partial charge in [0.15, 0.2) is 0 Å². The Morgan fingerprint density at radius 2 is 2.09 bits per heavy atom. The van der Waals surface area contributed by atoms with Gasteiger partial charge in [-0.05, 0) is 24.3 Å². The van der Waals surface area contributed by atoms with Gasteiger partial charge in [-0.2, -0.15) is 0 Å². The van der Waals surface area contributed by atoms with Gasteiger partial charge in [0.25, 0.3) is 5.91 Å². The van der Waals surface area contributed by atoms with Crippen LogP contribution in [0.1, 0.15) is 37.0 Å². The molecule has 1 aromatic rings.